The van der Waals surface area contributed by atoms with E-state index >= 15 is 0 Å². The molecule has 3 rings (SSSR count). The lowest BCUT2D eigenvalue weighted by Gasteiger charge is -2.14. The quantitative estimate of drug-likeness (QED) is 0.689. The average Bonchev–Trinajstić information content (AvgIpc) is 2.69. The van der Waals surface area contributed by atoms with Gasteiger partial charge in [0.15, 0.2) is 0 Å². The highest BCUT2D eigenvalue weighted by Gasteiger charge is 2.11. The van der Waals surface area contributed by atoms with Crippen molar-refractivity contribution in [3.63, 3.8) is 0 Å². The second-order valence-corrected chi connectivity index (χ2v) is 7.07. The Balaban J connectivity index is 1.61. The summed E-state index contributed by atoms with van der Waals surface area (Å²) >= 11 is 0. The number of hydrogen-bond donors (Lipinski definition) is 1. The second-order valence-electron chi connectivity index (χ2n) is 7.07. The monoisotopic (exact) mass is 375 g/mol. The highest BCUT2D eigenvalue weighted by Crippen LogP contribution is 2.15. The van der Waals surface area contributed by atoms with E-state index in [0.29, 0.717) is 5.69 Å². The molecular weight excluding hydrogens is 350 g/mol. The van der Waals surface area contributed by atoms with Crippen molar-refractivity contribution in [2.45, 2.75) is 39.3 Å². The molecule has 1 amide bonds. The normalized spacial score (nSPS) is 11.8. The van der Waals surface area contributed by atoms with Gasteiger partial charge in [-0.05, 0) is 38.3 Å². The van der Waals surface area contributed by atoms with Gasteiger partial charge in [-0.3, -0.25) is 9.59 Å². The first-order valence-electron chi connectivity index (χ1n) is 9.50. The van der Waals surface area contributed by atoms with Crippen LogP contribution in [-0.4, -0.2) is 21.7 Å². The summed E-state index contributed by atoms with van der Waals surface area (Å²) in [6.45, 7) is 3.90. The molecule has 0 fully saturated rings. The van der Waals surface area contributed by atoms with Crippen molar-refractivity contribution in [1.29, 1.82) is 0 Å². The number of benzene rings is 2. The van der Waals surface area contributed by atoms with E-state index in [-0.39, 0.29) is 24.1 Å². The number of nitrogens with zero attached hydrogens (tertiary/aromatic N) is 2. The molecule has 0 saturated carbocycles. The number of rotatable bonds is 7. The number of aromatic nitrogens is 2. The van der Waals surface area contributed by atoms with Crippen LogP contribution in [0.3, 0.4) is 0 Å². The van der Waals surface area contributed by atoms with Crippen molar-refractivity contribution in [2.24, 2.45) is 0 Å². The fourth-order valence-electron chi connectivity index (χ4n) is 3.00. The summed E-state index contributed by atoms with van der Waals surface area (Å²) < 4.78 is 1.22. The van der Waals surface area contributed by atoms with Crippen LogP contribution in [-0.2, 0) is 17.8 Å². The number of nitrogens with one attached hydrogen (secondary N) is 1. The molecule has 144 valence electrons. The van der Waals surface area contributed by atoms with Crippen LogP contribution in [0.1, 0.15) is 24.5 Å². The zero-order valence-corrected chi connectivity index (χ0v) is 16.3. The van der Waals surface area contributed by atoms with E-state index in [2.05, 4.69) is 22.5 Å². The first-order chi connectivity index (χ1) is 13.5. The predicted molar refractivity (Wildman–Crippen MR) is 111 cm³/mol. The third-order valence-electron chi connectivity index (χ3n) is 4.62. The molecule has 1 N–H and O–H groups in total. The smallest absolute Gasteiger partial charge is 0.267 e. The van der Waals surface area contributed by atoms with Crippen molar-refractivity contribution in [3.8, 4) is 11.3 Å². The summed E-state index contributed by atoms with van der Waals surface area (Å²) in [5.74, 6) is -0.212. The second kappa shape index (κ2) is 9.13. The molecule has 1 heterocycles. The topological polar surface area (TPSA) is 64.0 Å². The van der Waals surface area contributed by atoms with Gasteiger partial charge in [-0.2, -0.15) is 5.10 Å². The molecule has 1 atom stereocenters. The summed E-state index contributed by atoms with van der Waals surface area (Å²) in [7, 11) is 0. The maximum atomic E-state index is 12.4. The van der Waals surface area contributed by atoms with Gasteiger partial charge >= 0.3 is 0 Å². The molecule has 0 radical (unpaired) electrons. The lowest BCUT2D eigenvalue weighted by atomic mass is 10.1. The van der Waals surface area contributed by atoms with Crippen LogP contribution in [0.25, 0.3) is 11.3 Å². The summed E-state index contributed by atoms with van der Waals surface area (Å²) in [5, 5.41) is 7.31. The third-order valence-corrected chi connectivity index (χ3v) is 4.62. The molecule has 0 bridgehead atoms. The Morgan fingerprint density at radius 2 is 1.75 bits per heavy atom. The van der Waals surface area contributed by atoms with E-state index in [4.69, 9.17) is 0 Å². The van der Waals surface area contributed by atoms with Crippen molar-refractivity contribution in [3.05, 3.63) is 88.2 Å². The SMILES string of the molecule is Cc1ccc(-c2ccc(=O)n(CC(=O)NC(C)CCc3ccccc3)n2)cc1. The Morgan fingerprint density at radius 3 is 2.46 bits per heavy atom. The Kier molecular flexibility index (Phi) is 6.37. The Labute approximate surface area is 165 Å². The molecule has 0 aliphatic rings. The third kappa shape index (κ3) is 5.39. The molecule has 5 nitrogen and oxygen atoms in total. The molecular formula is C23H25N3O2. The molecule has 0 spiro atoms. The zero-order chi connectivity index (χ0) is 19.9. The lowest BCUT2D eigenvalue weighted by Crippen LogP contribution is -2.38. The van der Waals surface area contributed by atoms with E-state index in [9.17, 15) is 9.59 Å². The first-order valence-corrected chi connectivity index (χ1v) is 9.50. The molecule has 28 heavy (non-hydrogen) atoms. The van der Waals surface area contributed by atoms with Gasteiger partial charge in [0, 0.05) is 17.7 Å². The van der Waals surface area contributed by atoms with Crippen molar-refractivity contribution < 1.29 is 4.79 Å². The summed E-state index contributed by atoms with van der Waals surface area (Å²) in [5.41, 5.74) is 3.69. The van der Waals surface area contributed by atoms with Crippen molar-refractivity contribution in [2.75, 3.05) is 0 Å². The zero-order valence-electron chi connectivity index (χ0n) is 16.3. The minimum atomic E-state index is -0.289. The van der Waals surface area contributed by atoms with Gasteiger partial charge in [0.2, 0.25) is 5.91 Å². The van der Waals surface area contributed by atoms with Crippen LogP contribution in [0.4, 0.5) is 0 Å². The molecule has 5 heteroatoms. The average molecular weight is 375 g/mol. The summed E-state index contributed by atoms with van der Waals surface area (Å²) in [6.07, 6.45) is 1.73. The fourth-order valence-corrected chi connectivity index (χ4v) is 3.00. The molecule has 0 aliphatic carbocycles. The van der Waals surface area contributed by atoms with Gasteiger partial charge in [-0.15, -0.1) is 0 Å². The largest absolute Gasteiger partial charge is 0.352 e. The predicted octanol–water partition coefficient (Wildman–Crippen LogP) is 3.36. The number of carbonyl (C=O) groups is 1. The van der Waals surface area contributed by atoms with Gasteiger partial charge < -0.3 is 5.32 Å². The lowest BCUT2D eigenvalue weighted by molar-refractivity contribution is -0.122. The van der Waals surface area contributed by atoms with Gasteiger partial charge in [-0.25, -0.2) is 4.68 Å². The van der Waals surface area contributed by atoms with E-state index in [1.807, 2.05) is 56.3 Å². The molecule has 2 aromatic carbocycles. The van der Waals surface area contributed by atoms with Crippen LogP contribution in [0.15, 0.2) is 71.5 Å². The molecule has 0 aliphatic heterocycles. The van der Waals surface area contributed by atoms with Crippen LogP contribution in [0, 0.1) is 6.92 Å². The standard InChI is InChI=1S/C23H25N3O2/c1-17-8-12-20(13-9-17)21-14-15-23(28)26(25-21)16-22(27)24-18(2)10-11-19-6-4-3-5-7-19/h3-9,12-15,18H,10-11,16H2,1-2H3,(H,24,27). The Hall–Kier alpha value is -3.21. The highest BCUT2D eigenvalue weighted by molar-refractivity contribution is 5.76. The number of carbonyl (C=O) groups excluding carboxylic acids is 1. The van der Waals surface area contributed by atoms with Crippen molar-refractivity contribution in [1.82, 2.24) is 15.1 Å². The van der Waals surface area contributed by atoms with Crippen LogP contribution < -0.4 is 10.9 Å². The van der Waals surface area contributed by atoms with Gasteiger partial charge in [0.1, 0.15) is 6.54 Å². The minimum Gasteiger partial charge on any atom is -0.352 e. The number of amides is 1. The minimum absolute atomic E-state index is 0.0173. The van der Waals surface area contributed by atoms with Gasteiger partial charge in [0.25, 0.3) is 5.56 Å². The number of hydrogen-bond acceptors (Lipinski definition) is 3. The molecule has 3 aromatic rings. The fraction of sp³-hybridized carbons (Fsp3) is 0.261. The van der Waals surface area contributed by atoms with Crippen LogP contribution in [0.2, 0.25) is 0 Å². The molecule has 1 unspecified atom stereocenters. The maximum Gasteiger partial charge on any atom is 0.267 e. The maximum absolute atomic E-state index is 12.4. The molecule has 0 saturated heterocycles. The van der Waals surface area contributed by atoms with Crippen LogP contribution in [0.5, 0.6) is 0 Å². The van der Waals surface area contributed by atoms with E-state index in [1.165, 1.54) is 16.3 Å². The van der Waals surface area contributed by atoms with Crippen molar-refractivity contribution >= 4 is 5.91 Å². The Morgan fingerprint density at radius 1 is 1.04 bits per heavy atom. The first kappa shape index (κ1) is 19.5. The Bertz CT molecular complexity index is 979. The number of aryl methyl sites for hydroxylation is 2. The van der Waals surface area contributed by atoms with E-state index in [0.717, 1.165) is 24.0 Å². The van der Waals surface area contributed by atoms with E-state index in [1.54, 1.807) is 6.07 Å². The summed E-state index contributed by atoms with van der Waals surface area (Å²) in [6, 6.07) is 21.2. The summed E-state index contributed by atoms with van der Waals surface area (Å²) in [4.78, 5) is 24.5. The van der Waals surface area contributed by atoms with Gasteiger partial charge in [0.05, 0.1) is 5.69 Å². The van der Waals surface area contributed by atoms with E-state index < -0.39 is 0 Å². The molecule has 1 aromatic heterocycles. The van der Waals surface area contributed by atoms with Gasteiger partial charge in [-0.1, -0.05) is 60.2 Å². The van der Waals surface area contributed by atoms with Crippen LogP contribution >= 0.6 is 0 Å². The highest BCUT2D eigenvalue weighted by atomic mass is 16.2.